The number of hydrogen-bond donors (Lipinski definition) is 2. The third-order valence-electron chi connectivity index (χ3n) is 2.76. The van der Waals surface area contributed by atoms with Crippen molar-refractivity contribution in [3.63, 3.8) is 0 Å². The minimum atomic E-state index is -0.975. The summed E-state index contributed by atoms with van der Waals surface area (Å²) in [5.74, 6) is 0. The standard InChI is InChI=1S/C11H18O2S/c1-4-11(13,5-2)10(12)9-7-6-8(3)14-9/h6-7,10,12-13H,4-5H2,1-3H3. The van der Waals surface area contributed by atoms with Crippen molar-refractivity contribution in [2.45, 2.75) is 45.3 Å². The predicted molar refractivity (Wildman–Crippen MR) is 59.5 cm³/mol. The molecule has 1 rings (SSSR count). The predicted octanol–water partition coefficient (Wildman–Crippen LogP) is 2.64. The molecule has 0 aromatic carbocycles. The van der Waals surface area contributed by atoms with E-state index in [0.29, 0.717) is 12.8 Å². The summed E-state index contributed by atoms with van der Waals surface area (Å²) in [4.78, 5) is 2.02. The fraction of sp³-hybridized carbons (Fsp3) is 0.636. The summed E-state index contributed by atoms with van der Waals surface area (Å²) in [5, 5.41) is 20.1. The lowest BCUT2D eigenvalue weighted by molar-refractivity contribution is -0.0804. The molecule has 2 nitrogen and oxygen atoms in total. The molecular weight excluding hydrogens is 196 g/mol. The Balaban J connectivity index is 2.88. The van der Waals surface area contributed by atoms with E-state index in [9.17, 15) is 10.2 Å². The molecule has 2 N–H and O–H groups in total. The second-order valence-corrected chi connectivity index (χ2v) is 4.98. The zero-order valence-electron chi connectivity index (χ0n) is 8.95. The molecule has 1 atom stereocenters. The first kappa shape index (κ1) is 11.7. The fourth-order valence-corrected chi connectivity index (χ4v) is 2.48. The summed E-state index contributed by atoms with van der Waals surface area (Å²) >= 11 is 1.54. The van der Waals surface area contributed by atoms with Gasteiger partial charge in [0.25, 0.3) is 0 Å². The van der Waals surface area contributed by atoms with Crippen molar-refractivity contribution in [2.24, 2.45) is 0 Å². The van der Waals surface area contributed by atoms with Gasteiger partial charge < -0.3 is 10.2 Å². The maximum atomic E-state index is 10.1. The van der Waals surface area contributed by atoms with Crippen LogP contribution in [0.1, 0.15) is 42.5 Å². The van der Waals surface area contributed by atoms with Gasteiger partial charge in [0.15, 0.2) is 0 Å². The molecule has 0 aliphatic rings. The highest BCUT2D eigenvalue weighted by atomic mass is 32.1. The first-order valence-corrected chi connectivity index (χ1v) is 5.82. The van der Waals surface area contributed by atoms with Gasteiger partial charge in [0, 0.05) is 9.75 Å². The summed E-state index contributed by atoms with van der Waals surface area (Å²) < 4.78 is 0. The number of thiophene rings is 1. The molecule has 0 amide bonds. The second kappa shape index (κ2) is 4.43. The van der Waals surface area contributed by atoms with Crippen LogP contribution in [-0.4, -0.2) is 15.8 Å². The first-order valence-electron chi connectivity index (χ1n) is 5.00. The average molecular weight is 214 g/mol. The Labute approximate surface area is 89.2 Å². The van der Waals surface area contributed by atoms with Crippen LogP contribution in [0.25, 0.3) is 0 Å². The molecular formula is C11H18O2S. The Bertz CT molecular complexity index is 289. The van der Waals surface area contributed by atoms with Crippen LogP contribution < -0.4 is 0 Å². The van der Waals surface area contributed by atoms with Gasteiger partial charge in [-0.2, -0.15) is 0 Å². The highest BCUT2D eigenvalue weighted by molar-refractivity contribution is 7.12. The van der Waals surface area contributed by atoms with Crippen molar-refractivity contribution in [2.75, 3.05) is 0 Å². The van der Waals surface area contributed by atoms with E-state index in [1.54, 1.807) is 11.3 Å². The highest BCUT2D eigenvalue weighted by Gasteiger charge is 2.33. The number of aliphatic hydroxyl groups is 2. The Morgan fingerprint density at radius 3 is 2.29 bits per heavy atom. The summed E-state index contributed by atoms with van der Waals surface area (Å²) in [6.07, 6.45) is 0.389. The minimum Gasteiger partial charge on any atom is -0.387 e. The molecule has 0 fully saturated rings. The Morgan fingerprint density at radius 1 is 1.36 bits per heavy atom. The van der Waals surface area contributed by atoms with Gasteiger partial charge in [-0.3, -0.25) is 0 Å². The third-order valence-corrected chi connectivity index (χ3v) is 3.82. The monoisotopic (exact) mass is 214 g/mol. The van der Waals surface area contributed by atoms with Gasteiger partial charge in [-0.05, 0) is 31.9 Å². The van der Waals surface area contributed by atoms with Gasteiger partial charge in [-0.15, -0.1) is 11.3 Å². The lowest BCUT2D eigenvalue weighted by Gasteiger charge is -2.30. The summed E-state index contributed by atoms with van der Waals surface area (Å²) in [5.41, 5.74) is -0.975. The smallest absolute Gasteiger partial charge is 0.117 e. The minimum absolute atomic E-state index is 0.571. The van der Waals surface area contributed by atoms with Crippen LogP contribution in [0.3, 0.4) is 0 Å². The van der Waals surface area contributed by atoms with E-state index in [-0.39, 0.29) is 0 Å². The van der Waals surface area contributed by atoms with Crippen molar-refractivity contribution in [3.05, 3.63) is 21.9 Å². The zero-order valence-corrected chi connectivity index (χ0v) is 9.77. The van der Waals surface area contributed by atoms with E-state index in [1.807, 2.05) is 32.9 Å². The van der Waals surface area contributed by atoms with Crippen molar-refractivity contribution in [1.29, 1.82) is 0 Å². The van der Waals surface area contributed by atoms with Gasteiger partial charge in [0.2, 0.25) is 0 Å². The number of rotatable bonds is 4. The number of hydrogen-bond acceptors (Lipinski definition) is 3. The first-order chi connectivity index (χ1) is 6.53. The summed E-state index contributed by atoms with van der Waals surface area (Å²) in [6.45, 7) is 5.79. The molecule has 0 spiro atoms. The highest BCUT2D eigenvalue weighted by Crippen LogP contribution is 2.34. The lowest BCUT2D eigenvalue weighted by atomic mass is 9.90. The van der Waals surface area contributed by atoms with E-state index in [4.69, 9.17) is 0 Å². The molecule has 0 saturated carbocycles. The van der Waals surface area contributed by atoms with Crippen LogP contribution in [0.5, 0.6) is 0 Å². The van der Waals surface area contributed by atoms with Crippen LogP contribution in [0.2, 0.25) is 0 Å². The quantitative estimate of drug-likeness (QED) is 0.809. The Kier molecular flexibility index (Phi) is 3.70. The van der Waals surface area contributed by atoms with Crippen molar-refractivity contribution in [1.82, 2.24) is 0 Å². The molecule has 0 bridgehead atoms. The SMILES string of the molecule is CCC(O)(CC)C(O)c1ccc(C)s1. The Morgan fingerprint density at radius 2 is 1.93 bits per heavy atom. The molecule has 80 valence electrons. The summed E-state index contributed by atoms with van der Waals surface area (Å²) in [6, 6.07) is 3.86. The van der Waals surface area contributed by atoms with Gasteiger partial charge in [0.1, 0.15) is 6.10 Å². The maximum Gasteiger partial charge on any atom is 0.117 e. The van der Waals surface area contributed by atoms with E-state index in [2.05, 4.69) is 0 Å². The van der Waals surface area contributed by atoms with Crippen molar-refractivity contribution >= 4 is 11.3 Å². The van der Waals surface area contributed by atoms with Crippen LogP contribution in [-0.2, 0) is 0 Å². The molecule has 1 unspecified atom stereocenters. The third kappa shape index (κ3) is 2.16. The number of aliphatic hydroxyl groups excluding tert-OH is 1. The van der Waals surface area contributed by atoms with Crippen LogP contribution in [0.4, 0.5) is 0 Å². The topological polar surface area (TPSA) is 40.5 Å². The van der Waals surface area contributed by atoms with Gasteiger partial charge in [-0.1, -0.05) is 13.8 Å². The fourth-order valence-electron chi connectivity index (χ4n) is 1.50. The average Bonchev–Trinajstić information content (AvgIpc) is 2.62. The molecule has 14 heavy (non-hydrogen) atoms. The number of aryl methyl sites for hydroxylation is 1. The van der Waals surface area contributed by atoms with Crippen molar-refractivity contribution in [3.8, 4) is 0 Å². The zero-order chi connectivity index (χ0) is 10.8. The van der Waals surface area contributed by atoms with Crippen LogP contribution in [0, 0.1) is 6.92 Å². The van der Waals surface area contributed by atoms with Gasteiger partial charge in [0.05, 0.1) is 5.60 Å². The maximum absolute atomic E-state index is 10.1. The molecule has 0 aliphatic carbocycles. The lowest BCUT2D eigenvalue weighted by Crippen LogP contribution is -2.34. The van der Waals surface area contributed by atoms with E-state index < -0.39 is 11.7 Å². The molecule has 0 aliphatic heterocycles. The molecule has 1 heterocycles. The van der Waals surface area contributed by atoms with E-state index in [0.717, 1.165) is 9.75 Å². The van der Waals surface area contributed by atoms with Crippen LogP contribution >= 0.6 is 11.3 Å². The second-order valence-electron chi connectivity index (χ2n) is 3.66. The molecule has 3 heteroatoms. The van der Waals surface area contributed by atoms with Gasteiger partial charge >= 0.3 is 0 Å². The van der Waals surface area contributed by atoms with E-state index in [1.165, 1.54) is 0 Å². The molecule has 1 aromatic heterocycles. The van der Waals surface area contributed by atoms with Crippen molar-refractivity contribution < 1.29 is 10.2 Å². The Hall–Kier alpha value is -0.380. The molecule has 0 radical (unpaired) electrons. The molecule has 0 saturated heterocycles. The van der Waals surface area contributed by atoms with E-state index >= 15 is 0 Å². The van der Waals surface area contributed by atoms with Gasteiger partial charge in [-0.25, -0.2) is 0 Å². The van der Waals surface area contributed by atoms with Crippen LogP contribution in [0.15, 0.2) is 12.1 Å². The molecule has 1 aromatic rings. The normalized spacial score (nSPS) is 14.4. The summed E-state index contributed by atoms with van der Waals surface area (Å²) in [7, 11) is 0. The largest absolute Gasteiger partial charge is 0.387 e.